The van der Waals surface area contributed by atoms with Crippen LogP contribution in [0.2, 0.25) is 0 Å². The smallest absolute Gasteiger partial charge is 0.305 e. The molecule has 2 nitrogen and oxygen atoms in total. The highest BCUT2D eigenvalue weighted by molar-refractivity contribution is 5.69. The first-order chi connectivity index (χ1) is 9.69. The average molecular weight is 278 g/mol. The maximum Gasteiger partial charge on any atom is 0.305 e. The van der Waals surface area contributed by atoms with Gasteiger partial charge in [-0.1, -0.05) is 12.1 Å². The number of esters is 1. The number of halogens is 1. The minimum absolute atomic E-state index is 0.0836. The topological polar surface area (TPSA) is 26.3 Å². The quantitative estimate of drug-likeness (QED) is 0.744. The molecule has 1 aliphatic carbocycles. The van der Waals surface area contributed by atoms with Gasteiger partial charge >= 0.3 is 5.97 Å². The van der Waals surface area contributed by atoms with Gasteiger partial charge in [-0.05, 0) is 68.6 Å². The van der Waals surface area contributed by atoms with Crippen molar-refractivity contribution >= 4 is 5.97 Å². The Morgan fingerprint density at radius 1 is 1.30 bits per heavy atom. The molecule has 0 radical (unpaired) electrons. The van der Waals surface area contributed by atoms with E-state index in [9.17, 15) is 9.18 Å². The lowest BCUT2D eigenvalue weighted by molar-refractivity contribution is -0.143. The number of benzene rings is 1. The zero-order valence-corrected chi connectivity index (χ0v) is 12.1. The Morgan fingerprint density at radius 2 is 2.05 bits per heavy atom. The van der Waals surface area contributed by atoms with Gasteiger partial charge in [0.1, 0.15) is 5.82 Å². The zero-order valence-electron chi connectivity index (χ0n) is 12.1. The van der Waals surface area contributed by atoms with Crippen molar-refractivity contribution in [2.45, 2.75) is 51.4 Å². The van der Waals surface area contributed by atoms with Crippen molar-refractivity contribution in [1.29, 1.82) is 0 Å². The minimum Gasteiger partial charge on any atom is -0.466 e. The SMILES string of the molecule is CCOC(=O)CCC1CCC(c2cccc(F)c2)CC1. The van der Waals surface area contributed by atoms with Crippen molar-refractivity contribution in [1.82, 2.24) is 0 Å². The molecular weight excluding hydrogens is 255 g/mol. The Labute approximate surface area is 120 Å². The number of carbonyl (C=O) groups excluding carboxylic acids is 1. The maximum atomic E-state index is 13.2. The van der Waals surface area contributed by atoms with Crippen molar-refractivity contribution in [3.05, 3.63) is 35.6 Å². The van der Waals surface area contributed by atoms with Gasteiger partial charge in [0.2, 0.25) is 0 Å². The molecular formula is C17H23FO2. The summed E-state index contributed by atoms with van der Waals surface area (Å²) < 4.78 is 18.2. The van der Waals surface area contributed by atoms with Gasteiger partial charge in [-0.3, -0.25) is 4.79 Å². The van der Waals surface area contributed by atoms with Crippen LogP contribution in [0.4, 0.5) is 4.39 Å². The van der Waals surface area contributed by atoms with Gasteiger partial charge in [0.15, 0.2) is 0 Å². The Balaban J connectivity index is 1.76. The van der Waals surface area contributed by atoms with E-state index in [1.165, 1.54) is 6.07 Å². The molecule has 1 aromatic rings. The van der Waals surface area contributed by atoms with Crippen molar-refractivity contribution in [2.24, 2.45) is 5.92 Å². The molecule has 2 rings (SSSR count). The van der Waals surface area contributed by atoms with Crippen molar-refractivity contribution in [2.75, 3.05) is 6.61 Å². The second-order valence-corrected chi connectivity index (χ2v) is 5.62. The fourth-order valence-electron chi connectivity index (χ4n) is 3.10. The number of rotatable bonds is 5. The molecule has 1 fully saturated rings. The standard InChI is InChI=1S/C17H23FO2/c1-2-20-17(19)11-8-13-6-9-14(10-7-13)15-4-3-5-16(18)12-15/h3-5,12-14H,2,6-11H2,1H3. The summed E-state index contributed by atoms with van der Waals surface area (Å²) in [5, 5.41) is 0. The van der Waals surface area contributed by atoms with Crippen LogP contribution in [0.1, 0.15) is 56.9 Å². The molecule has 3 heteroatoms. The number of hydrogen-bond donors (Lipinski definition) is 0. The van der Waals surface area contributed by atoms with Crippen LogP contribution >= 0.6 is 0 Å². The molecule has 0 atom stereocenters. The van der Waals surface area contributed by atoms with E-state index in [1.807, 2.05) is 13.0 Å². The summed E-state index contributed by atoms with van der Waals surface area (Å²) >= 11 is 0. The number of carbonyl (C=O) groups is 1. The second kappa shape index (κ2) is 7.41. The van der Waals surface area contributed by atoms with Crippen LogP contribution in [0.25, 0.3) is 0 Å². The van der Waals surface area contributed by atoms with Crippen molar-refractivity contribution < 1.29 is 13.9 Å². The summed E-state index contributed by atoms with van der Waals surface area (Å²) in [5.41, 5.74) is 1.12. The molecule has 1 aromatic carbocycles. The summed E-state index contributed by atoms with van der Waals surface area (Å²) in [7, 11) is 0. The average Bonchev–Trinajstić information content (AvgIpc) is 2.46. The molecule has 0 N–H and O–H groups in total. The van der Waals surface area contributed by atoms with E-state index in [0.29, 0.717) is 24.9 Å². The van der Waals surface area contributed by atoms with Gasteiger partial charge in [-0.2, -0.15) is 0 Å². The van der Waals surface area contributed by atoms with E-state index >= 15 is 0 Å². The highest BCUT2D eigenvalue weighted by Crippen LogP contribution is 2.37. The molecule has 0 heterocycles. The third-order valence-electron chi connectivity index (χ3n) is 4.23. The predicted octanol–water partition coefficient (Wildman–Crippen LogP) is 4.44. The van der Waals surface area contributed by atoms with Crippen molar-refractivity contribution in [3.63, 3.8) is 0 Å². The maximum absolute atomic E-state index is 13.2. The lowest BCUT2D eigenvalue weighted by Gasteiger charge is -2.28. The Bertz CT molecular complexity index is 436. The molecule has 0 spiro atoms. The first-order valence-corrected chi connectivity index (χ1v) is 7.60. The monoisotopic (exact) mass is 278 g/mol. The van der Waals surface area contributed by atoms with E-state index in [-0.39, 0.29) is 11.8 Å². The fourth-order valence-corrected chi connectivity index (χ4v) is 3.10. The molecule has 110 valence electrons. The molecule has 1 aliphatic rings. The normalized spacial score (nSPS) is 22.5. The molecule has 0 saturated heterocycles. The summed E-state index contributed by atoms with van der Waals surface area (Å²) in [6, 6.07) is 6.96. The molecule has 0 unspecified atom stereocenters. The van der Waals surface area contributed by atoms with Crippen LogP contribution in [0.15, 0.2) is 24.3 Å². The van der Waals surface area contributed by atoms with Gasteiger partial charge in [0.25, 0.3) is 0 Å². The van der Waals surface area contributed by atoms with Gasteiger partial charge in [-0.15, -0.1) is 0 Å². The Morgan fingerprint density at radius 3 is 2.70 bits per heavy atom. The van der Waals surface area contributed by atoms with E-state index in [4.69, 9.17) is 4.74 Å². The van der Waals surface area contributed by atoms with E-state index < -0.39 is 0 Å². The first-order valence-electron chi connectivity index (χ1n) is 7.60. The van der Waals surface area contributed by atoms with Crippen LogP contribution in [0, 0.1) is 11.7 Å². The molecule has 0 amide bonds. The van der Waals surface area contributed by atoms with Gasteiger partial charge < -0.3 is 4.74 Å². The number of hydrogen-bond acceptors (Lipinski definition) is 2. The largest absolute Gasteiger partial charge is 0.466 e. The fraction of sp³-hybridized carbons (Fsp3) is 0.588. The van der Waals surface area contributed by atoms with Crippen LogP contribution in [-0.2, 0) is 9.53 Å². The third-order valence-corrected chi connectivity index (χ3v) is 4.23. The molecule has 0 bridgehead atoms. The summed E-state index contributed by atoms with van der Waals surface area (Å²) in [6.45, 7) is 2.30. The highest BCUT2D eigenvalue weighted by Gasteiger charge is 2.23. The summed E-state index contributed by atoms with van der Waals surface area (Å²) in [6.07, 6.45) is 5.90. The first kappa shape index (κ1) is 15.0. The summed E-state index contributed by atoms with van der Waals surface area (Å²) in [4.78, 5) is 11.3. The molecule has 1 saturated carbocycles. The van der Waals surface area contributed by atoms with E-state index in [1.54, 1.807) is 12.1 Å². The van der Waals surface area contributed by atoms with Crippen LogP contribution < -0.4 is 0 Å². The lowest BCUT2D eigenvalue weighted by Crippen LogP contribution is -2.15. The van der Waals surface area contributed by atoms with Gasteiger partial charge in [0, 0.05) is 6.42 Å². The van der Waals surface area contributed by atoms with Crippen LogP contribution in [0.3, 0.4) is 0 Å². The molecule has 20 heavy (non-hydrogen) atoms. The highest BCUT2D eigenvalue weighted by atomic mass is 19.1. The minimum atomic E-state index is -0.146. The van der Waals surface area contributed by atoms with Gasteiger partial charge in [0.05, 0.1) is 6.61 Å². The zero-order chi connectivity index (χ0) is 14.4. The second-order valence-electron chi connectivity index (χ2n) is 5.62. The Kier molecular flexibility index (Phi) is 5.57. The molecule has 0 aromatic heterocycles. The Hall–Kier alpha value is -1.38. The van der Waals surface area contributed by atoms with Crippen molar-refractivity contribution in [3.8, 4) is 0 Å². The predicted molar refractivity (Wildman–Crippen MR) is 77.0 cm³/mol. The van der Waals surface area contributed by atoms with Gasteiger partial charge in [-0.25, -0.2) is 4.39 Å². The van der Waals surface area contributed by atoms with E-state index in [0.717, 1.165) is 37.7 Å². The lowest BCUT2D eigenvalue weighted by atomic mass is 9.77. The summed E-state index contributed by atoms with van der Waals surface area (Å²) in [5.74, 6) is 0.862. The third kappa shape index (κ3) is 4.32. The van der Waals surface area contributed by atoms with Crippen LogP contribution in [0.5, 0.6) is 0 Å². The van der Waals surface area contributed by atoms with Crippen LogP contribution in [-0.4, -0.2) is 12.6 Å². The molecule has 0 aliphatic heterocycles. The van der Waals surface area contributed by atoms with E-state index in [2.05, 4.69) is 0 Å². The number of ether oxygens (including phenoxy) is 1.